The Kier molecular flexibility index (Phi) is 6.52. The molecule has 2 N–H and O–H groups in total. The standard InChI is InChI=1S/C12H16BrNO3S/c1-16-11-4-3-8(5-9(11)13)6-18-7-10(14)12(15)17-2/h3-5,10H,6-7,14H2,1-2H3. The number of methoxy groups -OCH3 is 2. The van der Waals surface area contributed by atoms with E-state index in [1.54, 1.807) is 18.9 Å². The Bertz CT molecular complexity index is 414. The highest BCUT2D eigenvalue weighted by atomic mass is 79.9. The number of benzene rings is 1. The van der Waals surface area contributed by atoms with Gasteiger partial charge in [0.1, 0.15) is 11.8 Å². The van der Waals surface area contributed by atoms with Crippen LogP contribution in [0.4, 0.5) is 0 Å². The number of hydrogen-bond donors (Lipinski definition) is 1. The molecule has 0 fully saturated rings. The van der Waals surface area contributed by atoms with Crippen molar-refractivity contribution in [1.29, 1.82) is 0 Å². The van der Waals surface area contributed by atoms with E-state index in [0.29, 0.717) is 5.75 Å². The number of carbonyl (C=O) groups excluding carboxylic acids is 1. The first-order chi connectivity index (χ1) is 8.58. The number of nitrogens with two attached hydrogens (primary N) is 1. The van der Waals surface area contributed by atoms with Crippen molar-refractivity contribution in [3.63, 3.8) is 0 Å². The zero-order chi connectivity index (χ0) is 13.5. The average Bonchev–Trinajstić information content (AvgIpc) is 2.37. The molecule has 0 aliphatic carbocycles. The molecule has 0 bridgehead atoms. The quantitative estimate of drug-likeness (QED) is 0.808. The molecule has 1 rings (SSSR count). The van der Waals surface area contributed by atoms with Gasteiger partial charge in [0.15, 0.2) is 0 Å². The highest BCUT2D eigenvalue weighted by Crippen LogP contribution is 2.27. The Balaban J connectivity index is 2.44. The average molecular weight is 334 g/mol. The van der Waals surface area contributed by atoms with E-state index in [-0.39, 0.29) is 5.97 Å². The lowest BCUT2D eigenvalue weighted by atomic mass is 10.2. The fourth-order valence-corrected chi connectivity index (χ4v) is 2.83. The van der Waals surface area contributed by atoms with Crippen LogP contribution in [0.15, 0.2) is 22.7 Å². The molecule has 18 heavy (non-hydrogen) atoms. The van der Waals surface area contributed by atoms with Gasteiger partial charge in [0, 0.05) is 11.5 Å². The number of carbonyl (C=O) groups is 1. The van der Waals surface area contributed by atoms with Gasteiger partial charge >= 0.3 is 5.97 Å². The Morgan fingerprint density at radius 3 is 2.78 bits per heavy atom. The maximum atomic E-state index is 11.1. The van der Waals surface area contributed by atoms with Crippen molar-refractivity contribution in [3.8, 4) is 5.75 Å². The van der Waals surface area contributed by atoms with Crippen molar-refractivity contribution in [2.45, 2.75) is 11.8 Å². The first-order valence-corrected chi connectivity index (χ1v) is 7.26. The first kappa shape index (κ1) is 15.3. The Labute approximate surface area is 119 Å². The molecule has 6 heteroatoms. The Morgan fingerprint density at radius 2 is 2.22 bits per heavy atom. The number of thioether (sulfide) groups is 1. The van der Waals surface area contributed by atoms with Gasteiger partial charge in [-0.2, -0.15) is 11.8 Å². The van der Waals surface area contributed by atoms with E-state index in [2.05, 4.69) is 20.7 Å². The second-order valence-corrected chi connectivity index (χ2v) is 5.50. The molecule has 1 aromatic rings. The molecule has 0 aliphatic rings. The van der Waals surface area contributed by atoms with E-state index in [9.17, 15) is 4.79 Å². The molecule has 100 valence electrons. The lowest BCUT2D eigenvalue weighted by Gasteiger charge is -2.09. The number of rotatable bonds is 6. The third-order valence-electron chi connectivity index (χ3n) is 2.29. The van der Waals surface area contributed by atoms with Gasteiger partial charge < -0.3 is 15.2 Å². The van der Waals surface area contributed by atoms with Crippen LogP contribution < -0.4 is 10.5 Å². The van der Waals surface area contributed by atoms with Crippen LogP contribution in [0.3, 0.4) is 0 Å². The SMILES string of the molecule is COC(=O)C(N)CSCc1ccc(OC)c(Br)c1. The number of halogens is 1. The summed E-state index contributed by atoms with van der Waals surface area (Å²) >= 11 is 5.02. The Morgan fingerprint density at radius 1 is 1.50 bits per heavy atom. The van der Waals surface area contributed by atoms with E-state index < -0.39 is 6.04 Å². The summed E-state index contributed by atoms with van der Waals surface area (Å²) in [5, 5.41) is 0. The molecule has 0 saturated carbocycles. The third-order valence-corrected chi connectivity index (χ3v) is 4.04. The fourth-order valence-electron chi connectivity index (χ4n) is 1.32. The largest absolute Gasteiger partial charge is 0.496 e. The summed E-state index contributed by atoms with van der Waals surface area (Å²) in [5.41, 5.74) is 6.79. The van der Waals surface area contributed by atoms with E-state index in [0.717, 1.165) is 21.5 Å². The van der Waals surface area contributed by atoms with Gasteiger partial charge in [-0.1, -0.05) is 6.07 Å². The van der Waals surface area contributed by atoms with Crippen LogP contribution in [0.5, 0.6) is 5.75 Å². The van der Waals surface area contributed by atoms with Crippen LogP contribution in [0, 0.1) is 0 Å². The van der Waals surface area contributed by atoms with Gasteiger partial charge in [-0.3, -0.25) is 4.79 Å². The summed E-state index contributed by atoms with van der Waals surface area (Å²) in [5.74, 6) is 1.75. The molecule has 0 spiro atoms. The van der Waals surface area contributed by atoms with E-state index in [1.807, 2.05) is 18.2 Å². The maximum absolute atomic E-state index is 11.1. The van der Waals surface area contributed by atoms with Crippen molar-refractivity contribution < 1.29 is 14.3 Å². The zero-order valence-corrected chi connectivity index (χ0v) is 12.7. The Hall–Kier alpha value is -0.720. The van der Waals surface area contributed by atoms with Crippen LogP contribution in [-0.2, 0) is 15.3 Å². The minimum atomic E-state index is -0.568. The molecule has 0 aliphatic heterocycles. The fraction of sp³-hybridized carbons (Fsp3) is 0.417. The lowest BCUT2D eigenvalue weighted by molar-refractivity contribution is -0.141. The molecule has 1 atom stereocenters. The summed E-state index contributed by atoms with van der Waals surface area (Å²) in [6.45, 7) is 0. The van der Waals surface area contributed by atoms with E-state index >= 15 is 0 Å². The van der Waals surface area contributed by atoms with Crippen LogP contribution >= 0.6 is 27.7 Å². The van der Waals surface area contributed by atoms with E-state index in [4.69, 9.17) is 10.5 Å². The zero-order valence-electron chi connectivity index (χ0n) is 10.3. The molecule has 1 unspecified atom stereocenters. The molecule has 4 nitrogen and oxygen atoms in total. The smallest absolute Gasteiger partial charge is 0.323 e. The summed E-state index contributed by atoms with van der Waals surface area (Å²) < 4.78 is 10.6. The van der Waals surface area contributed by atoms with Gasteiger partial charge in [0.2, 0.25) is 0 Å². The van der Waals surface area contributed by atoms with Crippen LogP contribution in [0.1, 0.15) is 5.56 Å². The molecule has 0 radical (unpaired) electrons. The van der Waals surface area contributed by atoms with Gasteiger partial charge in [-0.25, -0.2) is 0 Å². The second kappa shape index (κ2) is 7.66. The summed E-state index contributed by atoms with van der Waals surface area (Å²) in [4.78, 5) is 11.1. The van der Waals surface area contributed by atoms with Gasteiger partial charge in [0.05, 0.1) is 18.7 Å². The first-order valence-electron chi connectivity index (χ1n) is 5.32. The minimum absolute atomic E-state index is 0.376. The van der Waals surface area contributed by atoms with Crippen LogP contribution in [-0.4, -0.2) is 32.0 Å². The highest BCUT2D eigenvalue weighted by Gasteiger charge is 2.13. The van der Waals surface area contributed by atoms with Gasteiger partial charge in [-0.05, 0) is 33.6 Å². The van der Waals surface area contributed by atoms with Gasteiger partial charge in [0.25, 0.3) is 0 Å². The van der Waals surface area contributed by atoms with E-state index in [1.165, 1.54) is 7.11 Å². The maximum Gasteiger partial charge on any atom is 0.323 e. The van der Waals surface area contributed by atoms with Crippen molar-refractivity contribution in [3.05, 3.63) is 28.2 Å². The van der Waals surface area contributed by atoms with Crippen molar-refractivity contribution in [2.75, 3.05) is 20.0 Å². The molecular formula is C12H16BrNO3S. The molecule has 0 saturated heterocycles. The van der Waals surface area contributed by atoms with Crippen LogP contribution in [0.25, 0.3) is 0 Å². The molecule has 0 aromatic heterocycles. The minimum Gasteiger partial charge on any atom is -0.496 e. The predicted molar refractivity (Wildman–Crippen MR) is 76.8 cm³/mol. The highest BCUT2D eigenvalue weighted by molar-refractivity contribution is 9.10. The molecule has 1 aromatic carbocycles. The molecular weight excluding hydrogens is 318 g/mol. The lowest BCUT2D eigenvalue weighted by Crippen LogP contribution is -2.33. The summed E-state index contributed by atoms with van der Waals surface area (Å²) in [6, 6.07) is 5.32. The monoisotopic (exact) mass is 333 g/mol. The number of ether oxygens (including phenoxy) is 2. The third kappa shape index (κ3) is 4.51. The number of hydrogen-bond acceptors (Lipinski definition) is 5. The molecule has 0 amide bonds. The second-order valence-electron chi connectivity index (χ2n) is 3.61. The topological polar surface area (TPSA) is 61.5 Å². The van der Waals surface area contributed by atoms with Crippen molar-refractivity contribution in [1.82, 2.24) is 0 Å². The summed E-state index contributed by atoms with van der Waals surface area (Å²) in [7, 11) is 2.97. The van der Waals surface area contributed by atoms with Crippen molar-refractivity contribution in [2.24, 2.45) is 5.73 Å². The molecule has 0 heterocycles. The van der Waals surface area contributed by atoms with Crippen LogP contribution in [0.2, 0.25) is 0 Å². The normalized spacial score (nSPS) is 12.0. The van der Waals surface area contributed by atoms with Gasteiger partial charge in [-0.15, -0.1) is 0 Å². The van der Waals surface area contributed by atoms with Crippen molar-refractivity contribution >= 4 is 33.7 Å². The summed E-state index contributed by atoms with van der Waals surface area (Å²) in [6.07, 6.45) is 0. The predicted octanol–water partition coefficient (Wildman–Crippen LogP) is 2.19. The number of esters is 1.